The second-order valence-corrected chi connectivity index (χ2v) is 12.3. The summed E-state index contributed by atoms with van der Waals surface area (Å²) in [5.74, 6) is 0.130. The lowest BCUT2D eigenvalue weighted by Gasteiger charge is -2.40. The van der Waals surface area contributed by atoms with Gasteiger partial charge in [0.05, 0.1) is 36.1 Å². The third-order valence-electron chi connectivity index (χ3n) is 6.31. The van der Waals surface area contributed by atoms with Crippen molar-refractivity contribution in [3.63, 3.8) is 0 Å². The van der Waals surface area contributed by atoms with Crippen molar-refractivity contribution >= 4 is 36.5 Å². The number of sulfonamides is 1. The molecule has 3 N–H and O–H groups in total. The summed E-state index contributed by atoms with van der Waals surface area (Å²) in [6.07, 6.45) is 1.52. The Balaban J connectivity index is 1.63. The molecule has 11 heteroatoms. The van der Waals surface area contributed by atoms with Crippen LogP contribution in [0.1, 0.15) is 11.1 Å². The van der Waals surface area contributed by atoms with Gasteiger partial charge in [-0.15, -0.1) is 0 Å². The summed E-state index contributed by atoms with van der Waals surface area (Å²) in [7, 11) is -5.88. The van der Waals surface area contributed by atoms with Crippen LogP contribution in [0.2, 0.25) is 0 Å². The van der Waals surface area contributed by atoms with Crippen LogP contribution in [0.4, 0.5) is 5.69 Å². The van der Waals surface area contributed by atoms with Crippen LogP contribution in [0.15, 0.2) is 52.0 Å². The maximum Gasteiger partial charge on any atom is 0.265 e. The van der Waals surface area contributed by atoms with E-state index in [-0.39, 0.29) is 28.2 Å². The van der Waals surface area contributed by atoms with E-state index >= 15 is 0 Å². The van der Waals surface area contributed by atoms with E-state index in [2.05, 4.69) is 15.4 Å². The first-order valence-electron chi connectivity index (χ1n) is 10.5. The van der Waals surface area contributed by atoms with Crippen LogP contribution in [0, 0.1) is 6.92 Å². The van der Waals surface area contributed by atoms with Gasteiger partial charge >= 0.3 is 0 Å². The van der Waals surface area contributed by atoms with E-state index in [0.29, 0.717) is 35.3 Å². The maximum atomic E-state index is 13.3. The third-order valence-corrected chi connectivity index (χ3v) is 9.45. The first-order chi connectivity index (χ1) is 15.6. The molecule has 1 aromatic heterocycles. The molecule has 3 heterocycles. The molecule has 5 rings (SSSR count). The van der Waals surface area contributed by atoms with E-state index in [9.17, 15) is 16.8 Å². The Labute approximate surface area is 192 Å². The average Bonchev–Trinajstić information content (AvgIpc) is 3.33. The number of furan rings is 1. The van der Waals surface area contributed by atoms with Gasteiger partial charge in [0.15, 0.2) is 9.84 Å². The van der Waals surface area contributed by atoms with Gasteiger partial charge < -0.3 is 19.8 Å². The Bertz CT molecular complexity index is 1450. The number of piperazine rings is 1. The molecule has 0 bridgehead atoms. The summed E-state index contributed by atoms with van der Waals surface area (Å²) in [6, 6.07) is 9.65. The van der Waals surface area contributed by atoms with Crippen LogP contribution in [-0.2, 0) is 25.4 Å². The van der Waals surface area contributed by atoms with Gasteiger partial charge in [-0.25, -0.2) is 16.8 Å². The first-order valence-corrected chi connectivity index (χ1v) is 13.8. The summed E-state index contributed by atoms with van der Waals surface area (Å²) in [4.78, 5) is 0.0239. The summed E-state index contributed by atoms with van der Waals surface area (Å²) in [5.41, 5.74) is 1.31. The monoisotopic (exact) mass is 491 g/mol. The second kappa shape index (κ2) is 7.73. The highest BCUT2D eigenvalue weighted by Gasteiger charge is 2.53. The minimum absolute atomic E-state index is 0.00134. The Morgan fingerprint density at radius 3 is 2.79 bits per heavy atom. The smallest absolute Gasteiger partial charge is 0.265 e. The SMILES string of the molecule is COc1ccc(C)cc1S(=O)(=O)Nc1cc(C23CS(=O)(=O)CC2NCCN3)c2occc2c1. The number of fused-ring (bicyclic) bond motifs is 2. The number of benzene rings is 2. The number of aryl methyl sites for hydroxylation is 1. The van der Waals surface area contributed by atoms with Crippen LogP contribution in [-0.4, -0.2) is 54.6 Å². The molecule has 9 nitrogen and oxygen atoms in total. The highest BCUT2D eigenvalue weighted by molar-refractivity contribution is 7.93. The van der Waals surface area contributed by atoms with E-state index in [1.165, 1.54) is 13.4 Å². The van der Waals surface area contributed by atoms with Crippen molar-refractivity contribution in [3.8, 4) is 5.75 Å². The molecule has 2 unspecified atom stereocenters. The molecular weight excluding hydrogens is 466 g/mol. The number of hydrogen-bond donors (Lipinski definition) is 3. The van der Waals surface area contributed by atoms with Crippen molar-refractivity contribution in [1.82, 2.24) is 10.6 Å². The summed E-state index contributed by atoms with van der Waals surface area (Å²) < 4.78 is 65.4. The topological polar surface area (TPSA) is 127 Å². The Hall–Kier alpha value is -2.60. The van der Waals surface area contributed by atoms with Crippen LogP contribution in [0.5, 0.6) is 5.75 Å². The Kier molecular flexibility index (Phi) is 5.20. The average molecular weight is 492 g/mol. The number of ether oxygens (including phenoxy) is 1. The normalized spacial score (nSPS) is 24.5. The predicted molar refractivity (Wildman–Crippen MR) is 125 cm³/mol. The summed E-state index contributed by atoms with van der Waals surface area (Å²) in [6.45, 7) is 3.02. The van der Waals surface area contributed by atoms with Crippen molar-refractivity contribution in [2.24, 2.45) is 0 Å². The van der Waals surface area contributed by atoms with Gasteiger partial charge in [0, 0.05) is 30.1 Å². The van der Waals surface area contributed by atoms with Crippen molar-refractivity contribution in [2.45, 2.75) is 23.4 Å². The molecule has 2 aromatic carbocycles. The lowest BCUT2D eigenvalue weighted by Crippen LogP contribution is -2.63. The first kappa shape index (κ1) is 22.2. The molecule has 0 radical (unpaired) electrons. The third kappa shape index (κ3) is 3.78. The fourth-order valence-corrected chi connectivity index (χ4v) is 8.35. The molecule has 33 heavy (non-hydrogen) atoms. The molecule has 2 aliphatic rings. The van der Waals surface area contributed by atoms with Crippen LogP contribution in [0.3, 0.4) is 0 Å². The molecule has 3 aromatic rings. The van der Waals surface area contributed by atoms with Crippen LogP contribution < -0.4 is 20.1 Å². The molecule has 2 aliphatic heterocycles. The van der Waals surface area contributed by atoms with Gasteiger partial charge in [-0.1, -0.05) is 6.07 Å². The predicted octanol–water partition coefficient (Wildman–Crippen LogP) is 1.74. The number of nitrogens with one attached hydrogen (secondary N) is 3. The summed E-state index contributed by atoms with van der Waals surface area (Å²) >= 11 is 0. The van der Waals surface area contributed by atoms with Crippen molar-refractivity contribution in [1.29, 1.82) is 0 Å². The fourth-order valence-electron chi connectivity index (χ4n) is 4.88. The molecule has 2 atom stereocenters. The van der Waals surface area contributed by atoms with Gasteiger partial charge in [-0.05, 0) is 42.8 Å². The molecule has 2 fully saturated rings. The number of hydrogen-bond acceptors (Lipinski definition) is 8. The zero-order chi connectivity index (χ0) is 23.4. The van der Waals surface area contributed by atoms with E-state index in [0.717, 1.165) is 5.56 Å². The fraction of sp³-hybridized carbons (Fsp3) is 0.364. The molecule has 176 valence electrons. The molecular formula is C22H25N3O6S2. The lowest BCUT2D eigenvalue weighted by atomic mass is 9.82. The zero-order valence-corrected chi connectivity index (χ0v) is 19.8. The number of anilines is 1. The zero-order valence-electron chi connectivity index (χ0n) is 18.2. The lowest BCUT2D eigenvalue weighted by molar-refractivity contribution is 0.251. The van der Waals surface area contributed by atoms with Crippen LogP contribution >= 0.6 is 0 Å². The standard InChI is InChI=1S/C22H25N3O6S2/c1-14-3-4-18(30-2)19(9-14)33(28,29)25-16-10-15-5-8-31-21(15)17(11-16)22-13-32(26,27)12-20(22)23-6-7-24-22/h3-5,8-11,20,23-25H,6-7,12-13H2,1-2H3. The molecule has 0 spiro atoms. The minimum atomic E-state index is -3.98. The number of rotatable bonds is 5. The Morgan fingerprint density at radius 2 is 2.00 bits per heavy atom. The van der Waals surface area contributed by atoms with E-state index in [1.54, 1.807) is 43.3 Å². The van der Waals surface area contributed by atoms with E-state index in [1.807, 2.05) is 0 Å². The number of sulfone groups is 1. The second-order valence-electron chi connectivity index (χ2n) is 8.58. The van der Waals surface area contributed by atoms with Gasteiger partial charge in [-0.3, -0.25) is 4.72 Å². The number of methoxy groups -OCH3 is 1. The molecule has 0 amide bonds. The van der Waals surface area contributed by atoms with E-state index < -0.39 is 25.4 Å². The highest BCUT2D eigenvalue weighted by Crippen LogP contribution is 2.41. The Morgan fingerprint density at radius 1 is 1.18 bits per heavy atom. The van der Waals surface area contributed by atoms with Gasteiger partial charge in [0.2, 0.25) is 0 Å². The van der Waals surface area contributed by atoms with Gasteiger partial charge in [0.1, 0.15) is 16.2 Å². The van der Waals surface area contributed by atoms with Crippen LogP contribution in [0.25, 0.3) is 11.0 Å². The molecule has 0 saturated carbocycles. The van der Waals surface area contributed by atoms with Gasteiger partial charge in [-0.2, -0.15) is 0 Å². The maximum absolute atomic E-state index is 13.3. The summed E-state index contributed by atoms with van der Waals surface area (Å²) in [5, 5.41) is 7.38. The quantitative estimate of drug-likeness (QED) is 0.493. The van der Waals surface area contributed by atoms with Crippen molar-refractivity contribution in [3.05, 3.63) is 53.8 Å². The van der Waals surface area contributed by atoms with Gasteiger partial charge in [0.25, 0.3) is 10.0 Å². The molecule has 0 aliphatic carbocycles. The van der Waals surface area contributed by atoms with Crippen molar-refractivity contribution < 1.29 is 26.0 Å². The highest BCUT2D eigenvalue weighted by atomic mass is 32.2. The largest absolute Gasteiger partial charge is 0.495 e. The van der Waals surface area contributed by atoms with Crippen molar-refractivity contribution in [2.75, 3.05) is 36.4 Å². The van der Waals surface area contributed by atoms with E-state index in [4.69, 9.17) is 9.15 Å². The molecule has 2 saturated heterocycles. The minimum Gasteiger partial charge on any atom is -0.495 e.